The molecule has 0 heterocycles. The summed E-state index contributed by atoms with van der Waals surface area (Å²) in [6, 6.07) is 4.63. The summed E-state index contributed by atoms with van der Waals surface area (Å²) >= 11 is 1.60. The third kappa shape index (κ3) is 3.29. The summed E-state index contributed by atoms with van der Waals surface area (Å²) in [5, 5.41) is 8.62. The number of aliphatic hydroxyl groups is 1. The second-order valence-corrected chi connectivity index (χ2v) is 4.02. The molecule has 1 rings (SSSR count). The lowest BCUT2D eigenvalue weighted by atomic mass is 10.2. The number of rotatable bonds is 5. The lowest BCUT2D eigenvalue weighted by molar-refractivity contribution is 0.296. The highest BCUT2D eigenvalue weighted by atomic mass is 32.2. The van der Waals surface area contributed by atoms with E-state index in [2.05, 4.69) is 0 Å². The van der Waals surface area contributed by atoms with E-state index in [1.807, 2.05) is 0 Å². The van der Waals surface area contributed by atoms with Gasteiger partial charge in [0.25, 0.3) is 0 Å². The molecule has 78 valence electrons. The fourth-order valence-electron chi connectivity index (χ4n) is 1.10. The fourth-order valence-corrected chi connectivity index (χ4v) is 2.08. The van der Waals surface area contributed by atoms with Gasteiger partial charge in [0.05, 0.1) is 0 Å². The van der Waals surface area contributed by atoms with Gasteiger partial charge in [0.15, 0.2) is 0 Å². The topological polar surface area (TPSA) is 46.2 Å². The summed E-state index contributed by atoms with van der Waals surface area (Å²) in [5.74, 6) is 0.576. The van der Waals surface area contributed by atoms with Crippen LogP contribution in [0.5, 0.6) is 0 Å². The summed E-state index contributed by atoms with van der Waals surface area (Å²) in [6.45, 7) is 0.533. The minimum atomic E-state index is -0.253. The van der Waals surface area contributed by atoms with Crippen molar-refractivity contribution in [2.75, 3.05) is 12.4 Å². The number of aliphatic hydroxyl groups excluding tert-OH is 1. The molecule has 0 unspecified atom stereocenters. The van der Waals surface area contributed by atoms with Crippen LogP contribution in [0.15, 0.2) is 23.1 Å². The van der Waals surface area contributed by atoms with Crippen molar-refractivity contribution in [1.29, 1.82) is 0 Å². The van der Waals surface area contributed by atoms with Gasteiger partial charge in [-0.2, -0.15) is 0 Å². The maximum absolute atomic E-state index is 12.8. The molecule has 0 atom stereocenters. The highest BCUT2D eigenvalue weighted by molar-refractivity contribution is 7.99. The van der Waals surface area contributed by atoms with Gasteiger partial charge in [-0.05, 0) is 30.2 Å². The van der Waals surface area contributed by atoms with Gasteiger partial charge in [0.2, 0.25) is 0 Å². The van der Waals surface area contributed by atoms with Crippen LogP contribution in [0.25, 0.3) is 0 Å². The molecule has 4 heteroatoms. The monoisotopic (exact) mass is 215 g/mol. The molecule has 0 saturated heterocycles. The number of halogens is 1. The average molecular weight is 215 g/mol. The van der Waals surface area contributed by atoms with Crippen LogP contribution >= 0.6 is 11.8 Å². The molecule has 2 nitrogen and oxygen atoms in total. The van der Waals surface area contributed by atoms with Crippen molar-refractivity contribution in [2.45, 2.75) is 17.9 Å². The Morgan fingerprint density at radius 3 is 2.86 bits per heavy atom. The Labute approximate surface area is 87.3 Å². The van der Waals surface area contributed by atoms with E-state index in [1.54, 1.807) is 17.8 Å². The quantitative estimate of drug-likeness (QED) is 0.581. The first-order valence-electron chi connectivity index (χ1n) is 4.50. The van der Waals surface area contributed by atoms with Crippen LogP contribution in [0, 0.1) is 5.82 Å². The third-order valence-corrected chi connectivity index (χ3v) is 3.00. The van der Waals surface area contributed by atoms with Gasteiger partial charge >= 0.3 is 0 Å². The predicted octanol–water partition coefficient (Wildman–Crippen LogP) is 1.76. The van der Waals surface area contributed by atoms with Gasteiger partial charge in [-0.25, -0.2) is 4.39 Å². The van der Waals surface area contributed by atoms with E-state index in [1.165, 1.54) is 12.1 Å². The summed E-state index contributed by atoms with van der Waals surface area (Å²) in [4.78, 5) is 1.00. The molecule has 0 spiro atoms. The van der Waals surface area contributed by atoms with Crippen LogP contribution in [0.1, 0.15) is 12.0 Å². The molecule has 0 aliphatic carbocycles. The Hall–Kier alpha value is -0.580. The molecule has 0 fully saturated rings. The molecule has 3 N–H and O–H groups in total. The molecule has 1 aromatic rings. The fraction of sp³-hybridized carbons (Fsp3) is 0.400. The Morgan fingerprint density at radius 1 is 1.43 bits per heavy atom. The Bertz CT molecular complexity index is 293. The van der Waals surface area contributed by atoms with Crippen molar-refractivity contribution < 1.29 is 9.50 Å². The normalized spacial score (nSPS) is 10.5. The first kappa shape index (κ1) is 11.5. The number of hydrogen-bond acceptors (Lipinski definition) is 3. The lowest BCUT2D eigenvalue weighted by Gasteiger charge is -2.06. The van der Waals surface area contributed by atoms with Crippen LogP contribution in [0.3, 0.4) is 0 Å². The van der Waals surface area contributed by atoms with Gasteiger partial charge in [-0.15, -0.1) is 11.8 Å². The Balaban J connectivity index is 2.65. The molecule has 0 saturated carbocycles. The SMILES string of the molecule is NCc1cc(F)ccc1SCCCO. The zero-order chi connectivity index (χ0) is 10.4. The zero-order valence-electron chi connectivity index (χ0n) is 7.87. The second kappa shape index (κ2) is 6.01. The first-order chi connectivity index (χ1) is 6.77. The van der Waals surface area contributed by atoms with Crippen LogP contribution < -0.4 is 5.73 Å². The number of nitrogens with two attached hydrogens (primary N) is 1. The van der Waals surface area contributed by atoms with E-state index in [0.717, 1.165) is 22.6 Å². The number of thioether (sulfide) groups is 1. The van der Waals surface area contributed by atoms with Crippen molar-refractivity contribution in [3.05, 3.63) is 29.6 Å². The van der Waals surface area contributed by atoms with E-state index in [4.69, 9.17) is 10.8 Å². The Kier molecular flexibility index (Phi) is 4.93. The van der Waals surface area contributed by atoms with Crippen molar-refractivity contribution in [1.82, 2.24) is 0 Å². The van der Waals surface area contributed by atoms with Crippen molar-refractivity contribution in [2.24, 2.45) is 5.73 Å². The smallest absolute Gasteiger partial charge is 0.123 e. The van der Waals surface area contributed by atoms with Crippen molar-refractivity contribution in [3.8, 4) is 0 Å². The summed E-state index contributed by atoms with van der Waals surface area (Å²) in [5.41, 5.74) is 6.32. The van der Waals surface area contributed by atoms with Gasteiger partial charge < -0.3 is 10.8 Å². The van der Waals surface area contributed by atoms with Gasteiger partial charge in [0.1, 0.15) is 5.82 Å². The van der Waals surface area contributed by atoms with Crippen molar-refractivity contribution >= 4 is 11.8 Å². The molecular weight excluding hydrogens is 201 g/mol. The molecule has 14 heavy (non-hydrogen) atoms. The molecule has 0 aromatic heterocycles. The van der Waals surface area contributed by atoms with Crippen LogP contribution in [-0.2, 0) is 6.54 Å². The van der Waals surface area contributed by atoms with Crippen molar-refractivity contribution in [3.63, 3.8) is 0 Å². The van der Waals surface area contributed by atoms with E-state index in [0.29, 0.717) is 6.54 Å². The highest BCUT2D eigenvalue weighted by Gasteiger charge is 2.02. The molecule has 0 radical (unpaired) electrons. The minimum Gasteiger partial charge on any atom is -0.396 e. The second-order valence-electron chi connectivity index (χ2n) is 2.88. The summed E-state index contributed by atoms with van der Waals surface area (Å²) < 4.78 is 12.8. The maximum Gasteiger partial charge on any atom is 0.123 e. The summed E-state index contributed by atoms with van der Waals surface area (Å²) in [7, 11) is 0. The summed E-state index contributed by atoms with van der Waals surface area (Å²) in [6.07, 6.45) is 0.742. The minimum absolute atomic E-state index is 0.187. The van der Waals surface area contributed by atoms with E-state index in [-0.39, 0.29) is 12.4 Å². The van der Waals surface area contributed by atoms with E-state index in [9.17, 15) is 4.39 Å². The molecule has 0 bridgehead atoms. The number of benzene rings is 1. The Morgan fingerprint density at radius 2 is 2.21 bits per heavy atom. The average Bonchev–Trinajstić information content (AvgIpc) is 2.20. The standard InChI is InChI=1S/C10H14FNOS/c11-9-2-3-10(8(6-9)7-12)14-5-1-4-13/h2-3,6,13H,1,4-5,7,12H2. The van der Waals surface area contributed by atoms with Crippen LogP contribution in [-0.4, -0.2) is 17.5 Å². The highest BCUT2D eigenvalue weighted by Crippen LogP contribution is 2.23. The van der Waals surface area contributed by atoms with Gasteiger partial charge in [0, 0.05) is 23.8 Å². The number of hydrogen-bond donors (Lipinski definition) is 2. The largest absolute Gasteiger partial charge is 0.396 e. The molecular formula is C10H14FNOS. The van der Waals surface area contributed by atoms with E-state index >= 15 is 0 Å². The maximum atomic E-state index is 12.8. The molecule has 1 aromatic carbocycles. The molecule has 0 amide bonds. The van der Waals surface area contributed by atoms with Gasteiger partial charge in [-0.1, -0.05) is 0 Å². The molecule has 0 aliphatic rings. The zero-order valence-corrected chi connectivity index (χ0v) is 8.69. The lowest BCUT2D eigenvalue weighted by Crippen LogP contribution is -1.99. The van der Waals surface area contributed by atoms with E-state index < -0.39 is 0 Å². The molecule has 0 aliphatic heterocycles. The van der Waals surface area contributed by atoms with Crippen LogP contribution in [0.2, 0.25) is 0 Å². The first-order valence-corrected chi connectivity index (χ1v) is 5.48. The third-order valence-electron chi connectivity index (χ3n) is 1.80. The van der Waals surface area contributed by atoms with Gasteiger partial charge in [-0.3, -0.25) is 0 Å². The predicted molar refractivity (Wildman–Crippen MR) is 56.7 cm³/mol. The van der Waals surface area contributed by atoms with Crippen LogP contribution in [0.4, 0.5) is 4.39 Å².